The number of aryl methyl sites for hydroxylation is 1. The van der Waals surface area contributed by atoms with Crippen LogP contribution in [0.3, 0.4) is 0 Å². The van der Waals surface area contributed by atoms with Crippen molar-refractivity contribution in [2.45, 2.75) is 13.0 Å². The second kappa shape index (κ2) is 5.77. The molecule has 126 valence electrons. The molecule has 2 aromatic carbocycles. The van der Waals surface area contributed by atoms with E-state index >= 15 is 0 Å². The van der Waals surface area contributed by atoms with Crippen molar-refractivity contribution >= 4 is 22.8 Å². The summed E-state index contributed by atoms with van der Waals surface area (Å²) < 4.78 is 4.80. The standard InChI is InChI=1S/C20H18N2O3/c1-12-18(15-9-5-6-10-16(15)21-12)19-13-7-3-4-8-14(13)20(24)22(19)11-17(23)25-2/h3-10,19,21H,11H2,1-2H3/t19-/m0/s1. The normalized spacial score (nSPS) is 16.3. The molecule has 0 saturated carbocycles. The Bertz CT molecular complexity index is 990. The molecule has 1 amide bonds. The monoisotopic (exact) mass is 334 g/mol. The van der Waals surface area contributed by atoms with E-state index in [9.17, 15) is 9.59 Å². The summed E-state index contributed by atoms with van der Waals surface area (Å²) >= 11 is 0. The highest BCUT2D eigenvalue weighted by atomic mass is 16.5. The molecule has 0 aliphatic carbocycles. The Hall–Kier alpha value is -3.08. The Labute approximate surface area is 145 Å². The van der Waals surface area contributed by atoms with Gasteiger partial charge in [0.2, 0.25) is 0 Å². The van der Waals surface area contributed by atoms with Gasteiger partial charge in [0.05, 0.1) is 13.2 Å². The number of benzene rings is 2. The summed E-state index contributed by atoms with van der Waals surface area (Å²) in [7, 11) is 1.34. The number of para-hydroxylation sites is 1. The molecule has 1 aromatic heterocycles. The summed E-state index contributed by atoms with van der Waals surface area (Å²) in [5, 5.41) is 1.06. The predicted molar refractivity (Wildman–Crippen MR) is 94.4 cm³/mol. The molecule has 0 saturated heterocycles. The molecule has 1 aliphatic rings. The Balaban J connectivity index is 1.93. The SMILES string of the molecule is COC(=O)CN1C(=O)c2ccccc2[C@H]1c1c(C)[nH]c2ccccc12. The fourth-order valence-corrected chi connectivity index (χ4v) is 3.70. The van der Waals surface area contributed by atoms with E-state index < -0.39 is 5.97 Å². The molecule has 0 fully saturated rings. The molecule has 5 nitrogen and oxygen atoms in total. The topological polar surface area (TPSA) is 62.4 Å². The molecule has 0 spiro atoms. The van der Waals surface area contributed by atoms with E-state index in [4.69, 9.17) is 4.74 Å². The van der Waals surface area contributed by atoms with Gasteiger partial charge in [-0.05, 0) is 24.6 Å². The number of fused-ring (bicyclic) bond motifs is 2. The summed E-state index contributed by atoms with van der Waals surface area (Å²) in [6, 6.07) is 15.2. The van der Waals surface area contributed by atoms with Gasteiger partial charge in [-0.25, -0.2) is 0 Å². The van der Waals surface area contributed by atoms with Crippen LogP contribution >= 0.6 is 0 Å². The first kappa shape index (κ1) is 15.4. The van der Waals surface area contributed by atoms with Crippen LogP contribution in [0.15, 0.2) is 48.5 Å². The largest absolute Gasteiger partial charge is 0.468 e. The number of aromatic nitrogens is 1. The van der Waals surface area contributed by atoms with Gasteiger partial charge in [0.15, 0.2) is 0 Å². The van der Waals surface area contributed by atoms with Gasteiger partial charge < -0.3 is 14.6 Å². The predicted octanol–water partition coefficient (Wildman–Crippen LogP) is 3.19. The van der Waals surface area contributed by atoms with Gasteiger partial charge in [-0.15, -0.1) is 0 Å². The number of hydrogen-bond donors (Lipinski definition) is 1. The zero-order valence-corrected chi connectivity index (χ0v) is 14.1. The fraction of sp³-hybridized carbons (Fsp3) is 0.200. The highest BCUT2D eigenvalue weighted by Crippen LogP contribution is 2.42. The molecule has 2 heterocycles. The van der Waals surface area contributed by atoms with Gasteiger partial charge >= 0.3 is 5.97 Å². The van der Waals surface area contributed by atoms with Crippen LogP contribution in [0.25, 0.3) is 10.9 Å². The average molecular weight is 334 g/mol. The Kier molecular flexibility index (Phi) is 3.57. The molecule has 5 heteroatoms. The number of carbonyl (C=O) groups excluding carboxylic acids is 2. The summed E-state index contributed by atoms with van der Waals surface area (Å²) in [5.41, 5.74) is 4.60. The quantitative estimate of drug-likeness (QED) is 0.748. The van der Waals surface area contributed by atoms with Gasteiger partial charge in [0.25, 0.3) is 5.91 Å². The lowest BCUT2D eigenvalue weighted by Crippen LogP contribution is -2.34. The zero-order valence-electron chi connectivity index (χ0n) is 14.1. The number of ether oxygens (including phenoxy) is 1. The van der Waals surface area contributed by atoms with Crippen LogP contribution < -0.4 is 0 Å². The molecule has 0 radical (unpaired) electrons. The van der Waals surface area contributed by atoms with Gasteiger partial charge in [0, 0.05) is 27.7 Å². The van der Waals surface area contributed by atoms with Crippen LogP contribution in [0.5, 0.6) is 0 Å². The molecule has 0 unspecified atom stereocenters. The average Bonchev–Trinajstić information content (AvgIpc) is 3.09. The minimum absolute atomic E-state index is 0.0758. The van der Waals surface area contributed by atoms with E-state index in [2.05, 4.69) is 4.98 Å². The lowest BCUT2D eigenvalue weighted by atomic mass is 9.95. The molecule has 1 atom stereocenters. The third-order valence-corrected chi connectivity index (χ3v) is 4.80. The number of nitrogens with zero attached hydrogens (tertiary/aromatic N) is 1. The number of hydrogen-bond acceptors (Lipinski definition) is 3. The first-order chi connectivity index (χ1) is 12.1. The van der Waals surface area contributed by atoms with Crippen LogP contribution in [-0.2, 0) is 9.53 Å². The Morgan fingerprint density at radius 3 is 2.68 bits per heavy atom. The minimum atomic E-state index is -0.427. The lowest BCUT2D eigenvalue weighted by molar-refractivity contribution is -0.141. The van der Waals surface area contributed by atoms with E-state index in [0.29, 0.717) is 5.56 Å². The number of aromatic amines is 1. The van der Waals surface area contributed by atoms with Crippen molar-refractivity contribution in [3.63, 3.8) is 0 Å². The van der Waals surface area contributed by atoms with E-state index in [0.717, 1.165) is 27.7 Å². The number of carbonyl (C=O) groups is 2. The highest BCUT2D eigenvalue weighted by molar-refractivity contribution is 6.02. The Morgan fingerprint density at radius 1 is 1.16 bits per heavy atom. The van der Waals surface area contributed by atoms with Crippen molar-refractivity contribution in [3.05, 3.63) is 70.9 Å². The third kappa shape index (κ3) is 2.31. The highest BCUT2D eigenvalue weighted by Gasteiger charge is 2.40. The molecule has 0 bridgehead atoms. The number of nitrogens with one attached hydrogen (secondary N) is 1. The van der Waals surface area contributed by atoms with Gasteiger partial charge in [-0.1, -0.05) is 36.4 Å². The van der Waals surface area contributed by atoms with Crippen LogP contribution in [0.1, 0.15) is 33.2 Å². The van der Waals surface area contributed by atoms with Crippen molar-refractivity contribution in [2.24, 2.45) is 0 Å². The number of esters is 1. The van der Waals surface area contributed by atoms with E-state index in [-0.39, 0.29) is 18.5 Å². The fourth-order valence-electron chi connectivity index (χ4n) is 3.70. The molecule has 25 heavy (non-hydrogen) atoms. The Morgan fingerprint density at radius 2 is 1.88 bits per heavy atom. The lowest BCUT2D eigenvalue weighted by Gasteiger charge is -2.25. The second-order valence-corrected chi connectivity index (χ2v) is 6.21. The van der Waals surface area contributed by atoms with Crippen molar-refractivity contribution in [1.82, 2.24) is 9.88 Å². The molecule has 1 aliphatic heterocycles. The zero-order chi connectivity index (χ0) is 17.6. The van der Waals surface area contributed by atoms with Gasteiger partial charge in [0.1, 0.15) is 6.54 Å². The molecule has 1 N–H and O–H groups in total. The van der Waals surface area contributed by atoms with Crippen molar-refractivity contribution in [1.29, 1.82) is 0 Å². The van der Waals surface area contributed by atoms with Crippen molar-refractivity contribution in [3.8, 4) is 0 Å². The van der Waals surface area contributed by atoms with E-state index in [1.807, 2.05) is 55.5 Å². The van der Waals surface area contributed by atoms with Crippen molar-refractivity contribution < 1.29 is 14.3 Å². The summed E-state index contributed by atoms with van der Waals surface area (Å²) in [6.07, 6.45) is 0. The molecular weight excluding hydrogens is 316 g/mol. The maximum absolute atomic E-state index is 12.9. The van der Waals surface area contributed by atoms with Crippen molar-refractivity contribution in [2.75, 3.05) is 13.7 Å². The molecule has 3 aromatic rings. The smallest absolute Gasteiger partial charge is 0.325 e. The van der Waals surface area contributed by atoms with Crippen LogP contribution in [-0.4, -0.2) is 35.4 Å². The summed E-state index contributed by atoms with van der Waals surface area (Å²) in [6.45, 7) is 1.92. The van der Waals surface area contributed by atoms with E-state index in [1.165, 1.54) is 7.11 Å². The molecule has 4 rings (SSSR count). The first-order valence-corrected chi connectivity index (χ1v) is 8.15. The number of H-pyrrole nitrogens is 1. The van der Waals surface area contributed by atoms with Crippen LogP contribution in [0.4, 0.5) is 0 Å². The van der Waals surface area contributed by atoms with E-state index in [1.54, 1.807) is 4.90 Å². The molecular formula is C20H18N2O3. The van der Waals surface area contributed by atoms with Gasteiger partial charge in [-0.2, -0.15) is 0 Å². The maximum Gasteiger partial charge on any atom is 0.325 e. The van der Waals surface area contributed by atoms with Gasteiger partial charge in [-0.3, -0.25) is 9.59 Å². The maximum atomic E-state index is 12.9. The number of rotatable bonds is 3. The summed E-state index contributed by atoms with van der Waals surface area (Å²) in [5.74, 6) is -0.570. The second-order valence-electron chi connectivity index (χ2n) is 6.21. The third-order valence-electron chi connectivity index (χ3n) is 4.80. The minimum Gasteiger partial charge on any atom is -0.468 e. The first-order valence-electron chi connectivity index (χ1n) is 8.15. The summed E-state index contributed by atoms with van der Waals surface area (Å²) in [4.78, 5) is 29.8. The number of amides is 1. The number of methoxy groups -OCH3 is 1. The van der Waals surface area contributed by atoms with Crippen LogP contribution in [0, 0.1) is 6.92 Å². The van der Waals surface area contributed by atoms with Crippen LogP contribution in [0.2, 0.25) is 0 Å².